The first-order chi connectivity index (χ1) is 8.72. The molecule has 3 rings (SSSR count). The third-order valence-corrected chi connectivity index (χ3v) is 4.68. The van der Waals surface area contributed by atoms with Gasteiger partial charge in [-0.2, -0.15) is 0 Å². The lowest BCUT2D eigenvalue weighted by atomic mass is 10.3. The summed E-state index contributed by atoms with van der Waals surface area (Å²) in [6.45, 7) is 1.80. The Bertz CT molecular complexity index is 539. The third kappa shape index (κ3) is 2.41. The van der Waals surface area contributed by atoms with Crippen molar-refractivity contribution in [2.75, 3.05) is 18.0 Å². The number of thiophene rings is 1. The van der Waals surface area contributed by atoms with Gasteiger partial charge in [0.15, 0.2) is 0 Å². The summed E-state index contributed by atoms with van der Waals surface area (Å²) < 4.78 is 1.12. The summed E-state index contributed by atoms with van der Waals surface area (Å²) in [5, 5.41) is 0. The minimum Gasteiger partial charge on any atom is -0.339 e. The van der Waals surface area contributed by atoms with Crippen LogP contribution in [-0.4, -0.2) is 29.1 Å². The number of nitrogens with two attached hydrogens (primary N) is 1. The Kier molecular flexibility index (Phi) is 3.32. The van der Waals surface area contributed by atoms with Gasteiger partial charge in [0, 0.05) is 42.0 Å². The highest BCUT2D eigenvalue weighted by atomic mass is 79.9. The lowest BCUT2D eigenvalue weighted by Crippen LogP contribution is -2.27. The van der Waals surface area contributed by atoms with Crippen LogP contribution in [0, 0.1) is 0 Å². The molecule has 1 saturated heterocycles. The second kappa shape index (κ2) is 4.95. The average molecular weight is 325 g/mol. The number of hydrogen-bond donors (Lipinski definition) is 1. The maximum absolute atomic E-state index is 5.89. The fourth-order valence-corrected chi connectivity index (χ4v) is 3.41. The van der Waals surface area contributed by atoms with Gasteiger partial charge in [-0.3, -0.25) is 0 Å². The second-order valence-electron chi connectivity index (χ2n) is 4.37. The van der Waals surface area contributed by atoms with E-state index < -0.39 is 0 Å². The van der Waals surface area contributed by atoms with Crippen molar-refractivity contribution in [3.8, 4) is 10.4 Å². The molecule has 1 fully saturated rings. The van der Waals surface area contributed by atoms with E-state index in [0.29, 0.717) is 0 Å². The molecule has 2 N–H and O–H groups in total. The largest absolute Gasteiger partial charge is 0.339 e. The van der Waals surface area contributed by atoms with Crippen LogP contribution in [0.4, 0.5) is 5.95 Å². The van der Waals surface area contributed by atoms with E-state index in [1.165, 1.54) is 4.88 Å². The molecule has 0 bridgehead atoms. The molecule has 1 aliphatic rings. The lowest BCUT2D eigenvalue weighted by Gasteiger charge is -2.15. The first-order valence-electron chi connectivity index (χ1n) is 5.80. The van der Waals surface area contributed by atoms with Gasteiger partial charge >= 0.3 is 0 Å². The number of nitrogens with zero attached hydrogens (tertiary/aromatic N) is 3. The van der Waals surface area contributed by atoms with Gasteiger partial charge in [-0.1, -0.05) is 0 Å². The van der Waals surface area contributed by atoms with Gasteiger partial charge in [0.25, 0.3) is 0 Å². The van der Waals surface area contributed by atoms with Crippen LogP contribution < -0.4 is 10.6 Å². The van der Waals surface area contributed by atoms with Gasteiger partial charge in [-0.05, 0) is 34.5 Å². The van der Waals surface area contributed by atoms with E-state index in [-0.39, 0.29) is 6.04 Å². The van der Waals surface area contributed by atoms with Crippen LogP contribution in [0.25, 0.3) is 10.4 Å². The molecule has 0 spiro atoms. The van der Waals surface area contributed by atoms with Gasteiger partial charge in [0.05, 0.1) is 3.79 Å². The quantitative estimate of drug-likeness (QED) is 0.922. The fraction of sp³-hybridized carbons (Fsp3) is 0.333. The molecular weight excluding hydrogens is 312 g/mol. The van der Waals surface area contributed by atoms with Crippen LogP contribution in [-0.2, 0) is 0 Å². The van der Waals surface area contributed by atoms with E-state index in [9.17, 15) is 0 Å². The smallest absolute Gasteiger partial charge is 0.225 e. The maximum atomic E-state index is 5.89. The first kappa shape index (κ1) is 12.1. The third-order valence-electron chi connectivity index (χ3n) is 3.00. The lowest BCUT2D eigenvalue weighted by molar-refractivity contribution is 0.750. The topological polar surface area (TPSA) is 55.0 Å². The van der Waals surface area contributed by atoms with Crippen molar-refractivity contribution in [3.63, 3.8) is 0 Å². The van der Waals surface area contributed by atoms with Crippen LogP contribution in [0.2, 0.25) is 0 Å². The van der Waals surface area contributed by atoms with Crippen molar-refractivity contribution in [1.29, 1.82) is 0 Å². The van der Waals surface area contributed by atoms with Crippen LogP contribution in [0.3, 0.4) is 0 Å². The van der Waals surface area contributed by atoms with Crippen LogP contribution >= 0.6 is 27.3 Å². The van der Waals surface area contributed by atoms with Crippen molar-refractivity contribution in [2.24, 2.45) is 5.73 Å². The summed E-state index contributed by atoms with van der Waals surface area (Å²) in [6.07, 6.45) is 4.78. The maximum Gasteiger partial charge on any atom is 0.225 e. The van der Waals surface area contributed by atoms with Crippen molar-refractivity contribution >= 4 is 33.2 Å². The summed E-state index contributed by atoms with van der Waals surface area (Å²) in [5.41, 5.74) is 6.94. The SMILES string of the molecule is NC1CCN(c2ncc(-c3ccc(Br)s3)cn2)C1. The molecule has 1 aliphatic heterocycles. The summed E-state index contributed by atoms with van der Waals surface area (Å²) in [7, 11) is 0. The normalized spacial score (nSPS) is 19.4. The first-order valence-corrected chi connectivity index (χ1v) is 7.41. The molecule has 4 nitrogen and oxygen atoms in total. The van der Waals surface area contributed by atoms with E-state index in [0.717, 1.165) is 34.8 Å². The number of anilines is 1. The number of hydrogen-bond acceptors (Lipinski definition) is 5. The second-order valence-corrected chi connectivity index (χ2v) is 6.83. The molecule has 0 saturated carbocycles. The van der Waals surface area contributed by atoms with Crippen LogP contribution in [0.1, 0.15) is 6.42 Å². The zero-order valence-corrected chi connectivity index (χ0v) is 12.1. The highest BCUT2D eigenvalue weighted by Gasteiger charge is 2.21. The van der Waals surface area contributed by atoms with Gasteiger partial charge in [0.1, 0.15) is 0 Å². The molecule has 0 aliphatic carbocycles. The summed E-state index contributed by atoms with van der Waals surface area (Å²) in [4.78, 5) is 12.2. The van der Waals surface area contributed by atoms with Gasteiger partial charge in [-0.25, -0.2) is 9.97 Å². The molecule has 2 aromatic heterocycles. The summed E-state index contributed by atoms with van der Waals surface area (Å²) in [5.74, 6) is 0.780. The zero-order valence-electron chi connectivity index (χ0n) is 9.71. The molecule has 0 amide bonds. The predicted molar refractivity (Wildman–Crippen MR) is 77.9 cm³/mol. The van der Waals surface area contributed by atoms with Gasteiger partial charge in [0.2, 0.25) is 5.95 Å². The molecule has 2 aromatic rings. The van der Waals surface area contributed by atoms with E-state index in [1.54, 1.807) is 11.3 Å². The highest BCUT2D eigenvalue weighted by molar-refractivity contribution is 9.11. The Labute approximate surface area is 118 Å². The summed E-state index contributed by atoms with van der Waals surface area (Å²) >= 11 is 5.14. The molecule has 1 atom stereocenters. The minimum absolute atomic E-state index is 0.251. The monoisotopic (exact) mass is 324 g/mol. The number of aromatic nitrogens is 2. The Balaban J connectivity index is 1.81. The van der Waals surface area contributed by atoms with Crippen molar-refractivity contribution < 1.29 is 0 Å². The Morgan fingerprint density at radius 2 is 2.11 bits per heavy atom. The average Bonchev–Trinajstić information content (AvgIpc) is 2.98. The molecule has 1 unspecified atom stereocenters. The molecular formula is C12H13BrN4S. The predicted octanol–water partition coefficient (Wildman–Crippen LogP) is 2.51. The van der Waals surface area contributed by atoms with E-state index in [2.05, 4.69) is 36.9 Å². The summed E-state index contributed by atoms with van der Waals surface area (Å²) in [6, 6.07) is 4.35. The Morgan fingerprint density at radius 3 is 2.67 bits per heavy atom. The van der Waals surface area contributed by atoms with E-state index in [4.69, 9.17) is 5.73 Å². The Hall–Kier alpha value is -0.980. The van der Waals surface area contributed by atoms with E-state index in [1.807, 2.05) is 18.5 Å². The zero-order chi connectivity index (χ0) is 12.5. The molecule has 18 heavy (non-hydrogen) atoms. The van der Waals surface area contributed by atoms with Crippen LogP contribution in [0.15, 0.2) is 28.3 Å². The standard InChI is InChI=1S/C12H13BrN4S/c13-11-2-1-10(18-11)8-5-15-12(16-6-8)17-4-3-9(14)7-17/h1-2,5-6,9H,3-4,7,14H2. The van der Waals surface area contributed by atoms with E-state index >= 15 is 0 Å². The molecule has 0 radical (unpaired) electrons. The number of halogens is 1. The molecule has 6 heteroatoms. The molecule has 0 aromatic carbocycles. The van der Waals surface area contributed by atoms with Gasteiger partial charge < -0.3 is 10.6 Å². The van der Waals surface area contributed by atoms with Crippen LogP contribution in [0.5, 0.6) is 0 Å². The van der Waals surface area contributed by atoms with Crippen molar-refractivity contribution in [2.45, 2.75) is 12.5 Å². The minimum atomic E-state index is 0.251. The fourth-order valence-electron chi connectivity index (χ4n) is 2.05. The van der Waals surface area contributed by atoms with Crippen molar-refractivity contribution in [1.82, 2.24) is 9.97 Å². The molecule has 94 valence electrons. The molecule has 3 heterocycles. The highest BCUT2D eigenvalue weighted by Crippen LogP contribution is 2.30. The van der Waals surface area contributed by atoms with Crippen molar-refractivity contribution in [3.05, 3.63) is 28.3 Å². The van der Waals surface area contributed by atoms with Gasteiger partial charge in [-0.15, -0.1) is 11.3 Å². The Morgan fingerprint density at radius 1 is 1.33 bits per heavy atom. The number of rotatable bonds is 2.